The number of ether oxygens (including phenoxy) is 1. The third-order valence-corrected chi connectivity index (χ3v) is 6.27. The van der Waals surface area contributed by atoms with Crippen LogP contribution in [-0.2, 0) is 10.0 Å². The summed E-state index contributed by atoms with van der Waals surface area (Å²) in [6.45, 7) is 4.22. The lowest BCUT2D eigenvalue weighted by molar-refractivity contribution is 0.102. The second kappa shape index (κ2) is 9.03. The van der Waals surface area contributed by atoms with E-state index in [-0.39, 0.29) is 16.2 Å². The largest absolute Gasteiger partial charge is 0.496 e. The van der Waals surface area contributed by atoms with E-state index >= 15 is 0 Å². The Bertz CT molecular complexity index is 923. The number of hydrogen-bond acceptors (Lipinski definition) is 6. The summed E-state index contributed by atoms with van der Waals surface area (Å²) in [5.74, 6) is 0.560. The molecule has 1 N–H and O–H groups in total. The highest BCUT2D eigenvalue weighted by Crippen LogP contribution is 2.25. The Morgan fingerprint density at radius 3 is 2.32 bits per heavy atom. The number of anilines is 2. The van der Waals surface area contributed by atoms with Crippen LogP contribution < -0.4 is 15.0 Å². The molecule has 0 spiro atoms. The van der Waals surface area contributed by atoms with Gasteiger partial charge in [-0.15, -0.1) is 0 Å². The van der Waals surface area contributed by atoms with Crippen LogP contribution in [-0.4, -0.2) is 57.9 Å². The summed E-state index contributed by atoms with van der Waals surface area (Å²) in [5.41, 5.74) is 0.627. The SMILES string of the molecule is CCN(CC)S(=O)(=O)c1ccc(OC)c(C(=O)Nc2ccc(N(C)C)nc2)c1. The Labute approximate surface area is 166 Å². The van der Waals surface area contributed by atoms with Crippen molar-refractivity contribution in [1.29, 1.82) is 0 Å². The number of aromatic nitrogens is 1. The number of benzene rings is 1. The first-order valence-electron chi connectivity index (χ1n) is 8.87. The first-order valence-corrected chi connectivity index (χ1v) is 10.3. The van der Waals surface area contributed by atoms with Crippen LogP contribution in [0.2, 0.25) is 0 Å². The number of methoxy groups -OCH3 is 1. The number of rotatable bonds is 8. The van der Waals surface area contributed by atoms with Gasteiger partial charge in [-0.25, -0.2) is 13.4 Å². The quantitative estimate of drug-likeness (QED) is 0.724. The number of nitrogens with one attached hydrogen (secondary N) is 1. The third-order valence-electron chi connectivity index (χ3n) is 4.22. The minimum Gasteiger partial charge on any atom is -0.496 e. The van der Waals surface area contributed by atoms with E-state index in [2.05, 4.69) is 10.3 Å². The first kappa shape index (κ1) is 21.6. The van der Waals surface area contributed by atoms with E-state index in [0.29, 0.717) is 18.8 Å². The number of sulfonamides is 1. The van der Waals surface area contributed by atoms with Crippen molar-refractivity contribution in [1.82, 2.24) is 9.29 Å². The number of carbonyl (C=O) groups excluding carboxylic acids is 1. The molecule has 0 radical (unpaired) electrons. The van der Waals surface area contributed by atoms with Gasteiger partial charge in [0.2, 0.25) is 10.0 Å². The van der Waals surface area contributed by atoms with Gasteiger partial charge < -0.3 is 15.0 Å². The minimum absolute atomic E-state index is 0.0447. The van der Waals surface area contributed by atoms with Gasteiger partial charge in [0, 0.05) is 27.2 Å². The van der Waals surface area contributed by atoms with Crippen LogP contribution in [0.25, 0.3) is 0 Å². The Kier molecular flexibility index (Phi) is 6.98. The number of amides is 1. The van der Waals surface area contributed by atoms with Crippen LogP contribution in [0.1, 0.15) is 24.2 Å². The smallest absolute Gasteiger partial charge is 0.259 e. The van der Waals surface area contributed by atoms with Gasteiger partial charge in [0.25, 0.3) is 5.91 Å². The number of nitrogens with zero attached hydrogens (tertiary/aromatic N) is 3. The Balaban J connectivity index is 2.36. The second-order valence-corrected chi connectivity index (χ2v) is 8.14. The van der Waals surface area contributed by atoms with Crippen LogP contribution in [0.5, 0.6) is 5.75 Å². The molecule has 2 aromatic rings. The van der Waals surface area contributed by atoms with Gasteiger partial charge in [-0.05, 0) is 30.3 Å². The molecule has 0 saturated carbocycles. The van der Waals surface area contributed by atoms with Crippen LogP contribution in [0.3, 0.4) is 0 Å². The van der Waals surface area contributed by atoms with E-state index in [1.807, 2.05) is 19.0 Å². The lowest BCUT2D eigenvalue weighted by atomic mass is 10.2. The van der Waals surface area contributed by atoms with Gasteiger partial charge in [0.15, 0.2) is 0 Å². The lowest BCUT2D eigenvalue weighted by Gasteiger charge is -2.19. The first-order chi connectivity index (χ1) is 13.2. The standard InChI is InChI=1S/C19H26N4O4S/c1-6-23(7-2)28(25,26)15-9-10-17(27-5)16(12-15)19(24)21-14-8-11-18(20-13-14)22(3)4/h8-13H,6-7H2,1-5H3,(H,21,24). The molecule has 8 nitrogen and oxygen atoms in total. The van der Waals surface area contributed by atoms with E-state index in [1.54, 1.807) is 26.0 Å². The van der Waals surface area contributed by atoms with E-state index in [0.717, 1.165) is 5.82 Å². The molecule has 0 saturated heterocycles. The minimum atomic E-state index is -3.69. The summed E-state index contributed by atoms with van der Waals surface area (Å²) in [6, 6.07) is 7.76. The summed E-state index contributed by atoms with van der Waals surface area (Å²) >= 11 is 0. The maximum atomic E-state index is 12.8. The normalized spacial score (nSPS) is 11.4. The fourth-order valence-corrected chi connectivity index (χ4v) is 4.15. The summed E-state index contributed by atoms with van der Waals surface area (Å²) < 4.78 is 32.1. The van der Waals surface area contributed by atoms with E-state index < -0.39 is 15.9 Å². The van der Waals surface area contributed by atoms with Gasteiger partial charge >= 0.3 is 0 Å². The molecule has 1 aromatic heterocycles. The molecule has 9 heteroatoms. The van der Waals surface area contributed by atoms with Gasteiger partial charge in [-0.1, -0.05) is 13.8 Å². The third kappa shape index (κ3) is 4.60. The zero-order valence-electron chi connectivity index (χ0n) is 16.8. The van der Waals surface area contributed by atoms with Crippen molar-refractivity contribution in [2.75, 3.05) is 44.5 Å². The van der Waals surface area contributed by atoms with Crippen molar-refractivity contribution in [2.24, 2.45) is 0 Å². The number of carbonyl (C=O) groups is 1. The van der Waals surface area contributed by atoms with Crippen molar-refractivity contribution < 1.29 is 17.9 Å². The van der Waals surface area contributed by atoms with Crippen LogP contribution in [0.15, 0.2) is 41.4 Å². The number of hydrogen-bond donors (Lipinski definition) is 1. The highest BCUT2D eigenvalue weighted by molar-refractivity contribution is 7.89. The Morgan fingerprint density at radius 1 is 1.14 bits per heavy atom. The van der Waals surface area contributed by atoms with Crippen molar-refractivity contribution in [3.63, 3.8) is 0 Å². The van der Waals surface area contributed by atoms with Crippen molar-refractivity contribution in [3.05, 3.63) is 42.1 Å². The maximum Gasteiger partial charge on any atom is 0.259 e. The molecule has 28 heavy (non-hydrogen) atoms. The van der Waals surface area contributed by atoms with Gasteiger partial charge in [0.1, 0.15) is 11.6 Å². The molecule has 0 atom stereocenters. The highest BCUT2D eigenvalue weighted by Gasteiger charge is 2.24. The Hall–Kier alpha value is -2.65. The van der Waals surface area contributed by atoms with Crippen LogP contribution in [0, 0.1) is 0 Å². The molecule has 152 valence electrons. The van der Waals surface area contributed by atoms with Crippen molar-refractivity contribution in [3.8, 4) is 5.75 Å². The molecule has 0 aliphatic rings. The van der Waals surface area contributed by atoms with E-state index in [1.165, 1.54) is 35.8 Å². The molecule has 1 amide bonds. The van der Waals surface area contributed by atoms with Gasteiger partial charge in [0.05, 0.1) is 29.5 Å². The van der Waals surface area contributed by atoms with Crippen molar-refractivity contribution in [2.45, 2.75) is 18.7 Å². The monoisotopic (exact) mass is 406 g/mol. The second-order valence-electron chi connectivity index (χ2n) is 6.21. The average Bonchev–Trinajstić information content (AvgIpc) is 2.68. The highest BCUT2D eigenvalue weighted by atomic mass is 32.2. The molecule has 0 bridgehead atoms. The summed E-state index contributed by atoms with van der Waals surface area (Å²) in [5, 5.41) is 2.73. The number of pyridine rings is 1. The summed E-state index contributed by atoms with van der Waals surface area (Å²) in [6.07, 6.45) is 1.54. The molecule has 0 unspecified atom stereocenters. The summed E-state index contributed by atoms with van der Waals surface area (Å²) in [4.78, 5) is 18.9. The zero-order valence-corrected chi connectivity index (χ0v) is 17.6. The molecule has 1 aromatic carbocycles. The zero-order chi connectivity index (χ0) is 20.9. The van der Waals surface area contributed by atoms with Crippen LogP contribution in [0.4, 0.5) is 11.5 Å². The molecular weight excluding hydrogens is 380 g/mol. The fourth-order valence-electron chi connectivity index (χ4n) is 2.66. The Morgan fingerprint density at radius 2 is 1.82 bits per heavy atom. The van der Waals surface area contributed by atoms with E-state index in [4.69, 9.17) is 4.74 Å². The van der Waals surface area contributed by atoms with Crippen molar-refractivity contribution >= 4 is 27.4 Å². The van der Waals surface area contributed by atoms with Gasteiger partial charge in [-0.3, -0.25) is 4.79 Å². The van der Waals surface area contributed by atoms with Gasteiger partial charge in [-0.2, -0.15) is 4.31 Å². The lowest BCUT2D eigenvalue weighted by Crippen LogP contribution is -2.30. The topological polar surface area (TPSA) is 91.8 Å². The maximum absolute atomic E-state index is 12.8. The molecule has 0 aliphatic heterocycles. The van der Waals surface area contributed by atoms with E-state index in [9.17, 15) is 13.2 Å². The average molecular weight is 407 g/mol. The molecule has 1 heterocycles. The molecule has 0 aliphatic carbocycles. The predicted octanol–water partition coefficient (Wildman–Crippen LogP) is 2.44. The molecule has 0 fully saturated rings. The van der Waals surface area contributed by atoms with Crippen LogP contribution >= 0.6 is 0 Å². The fraction of sp³-hybridized carbons (Fsp3) is 0.368. The predicted molar refractivity (Wildman–Crippen MR) is 110 cm³/mol. The molecule has 2 rings (SSSR count). The summed E-state index contributed by atoms with van der Waals surface area (Å²) in [7, 11) is 1.48. The molecular formula is C19H26N4O4S.